The first-order chi connectivity index (χ1) is 14.4. The van der Waals surface area contributed by atoms with E-state index in [1.807, 2.05) is 30.3 Å². The summed E-state index contributed by atoms with van der Waals surface area (Å²) >= 11 is 0. The number of para-hydroxylation sites is 1. The van der Waals surface area contributed by atoms with Gasteiger partial charge in [-0.15, -0.1) is 0 Å². The maximum Gasteiger partial charge on any atom is 0.416 e. The highest BCUT2D eigenvalue weighted by Crippen LogP contribution is 2.40. The summed E-state index contributed by atoms with van der Waals surface area (Å²) in [5, 5.41) is 7.13. The summed E-state index contributed by atoms with van der Waals surface area (Å²) in [6, 6.07) is 13.3. The number of nitrogens with zero attached hydrogens (tertiary/aromatic N) is 2. The van der Waals surface area contributed by atoms with Crippen LogP contribution in [-0.2, 0) is 6.18 Å². The molecule has 4 rings (SSSR count). The van der Waals surface area contributed by atoms with E-state index in [0.717, 1.165) is 23.3 Å². The minimum absolute atomic E-state index is 0.431. The van der Waals surface area contributed by atoms with Crippen LogP contribution in [0, 0.1) is 6.92 Å². The van der Waals surface area contributed by atoms with E-state index in [0.29, 0.717) is 33.7 Å². The molecule has 0 unspecified atom stereocenters. The van der Waals surface area contributed by atoms with Gasteiger partial charge in [-0.05, 0) is 47.9 Å². The van der Waals surface area contributed by atoms with E-state index >= 15 is 0 Å². The van der Waals surface area contributed by atoms with E-state index in [2.05, 4.69) is 15.2 Å². The highest BCUT2D eigenvalue weighted by molar-refractivity contribution is 5.90. The van der Waals surface area contributed by atoms with Gasteiger partial charge in [-0.3, -0.25) is 10.1 Å². The first-order valence-electron chi connectivity index (χ1n) is 9.19. The molecule has 0 saturated heterocycles. The number of halogens is 3. The zero-order valence-electron chi connectivity index (χ0n) is 16.3. The molecule has 0 fully saturated rings. The maximum absolute atomic E-state index is 13.3. The Balaban J connectivity index is 1.90. The number of aromatic amines is 1. The van der Waals surface area contributed by atoms with Crippen molar-refractivity contribution in [3.05, 3.63) is 78.2 Å². The average Bonchev–Trinajstić information content (AvgIpc) is 3.22. The van der Waals surface area contributed by atoms with E-state index in [1.165, 1.54) is 0 Å². The Bertz CT molecular complexity index is 1200. The molecule has 0 atom stereocenters. The van der Waals surface area contributed by atoms with Gasteiger partial charge in [0.1, 0.15) is 11.4 Å². The van der Waals surface area contributed by atoms with Gasteiger partial charge in [-0.1, -0.05) is 24.3 Å². The van der Waals surface area contributed by atoms with Gasteiger partial charge >= 0.3 is 6.18 Å². The zero-order chi connectivity index (χ0) is 21.3. The van der Waals surface area contributed by atoms with Crippen molar-refractivity contribution < 1.29 is 17.9 Å². The molecule has 1 N–H and O–H groups in total. The lowest BCUT2D eigenvalue weighted by atomic mass is 9.94. The second-order valence-electron chi connectivity index (χ2n) is 6.85. The Labute approximate surface area is 171 Å². The number of H-pyrrole nitrogens is 1. The molecule has 7 heteroatoms. The smallest absolute Gasteiger partial charge is 0.416 e. The number of hydrogen-bond acceptors (Lipinski definition) is 3. The van der Waals surface area contributed by atoms with Crippen molar-refractivity contribution in [1.82, 2.24) is 15.2 Å². The molecular weight excluding hydrogens is 391 g/mol. The van der Waals surface area contributed by atoms with E-state index < -0.39 is 11.7 Å². The molecule has 0 spiro atoms. The van der Waals surface area contributed by atoms with Crippen molar-refractivity contribution in [2.45, 2.75) is 13.1 Å². The largest absolute Gasteiger partial charge is 0.496 e. The van der Waals surface area contributed by atoms with Crippen LogP contribution >= 0.6 is 0 Å². The van der Waals surface area contributed by atoms with Crippen LogP contribution < -0.4 is 4.74 Å². The van der Waals surface area contributed by atoms with Gasteiger partial charge in [0.15, 0.2) is 0 Å². The van der Waals surface area contributed by atoms with Crippen LogP contribution in [-0.4, -0.2) is 22.3 Å². The third-order valence-electron chi connectivity index (χ3n) is 4.83. The molecule has 2 aromatic heterocycles. The normalized spacial score (nSPS) is 11.5. The topological polar surface area (TPSA) is 50.8 Å². The number of benzene rings is 2. The van der Waals surface area contributed by atoms with Crippen LogP contribution in [0.2, 0.25) is 0 Å². The predicted molar refractivity (Wildman–Crippen MR) is 109 cm³/mol. The molecule has 0 bridgehead atoms. The summed E-state index contributed by atoms with van der Waals surface area (Å²) in [6.45, 7) is 1.64. The van der Waals surface area contributed by atoms with E-state index in [-0.39, 0.29) is 0 Å². The highest BCUT2D eigenvalue weighted by Gasteiger charge is 2.31. The van der Waals surface area contributed by atoms with Crippen LogP contribution in [0.4, 0.5) is 13.2 Å². The third-order valence-corrected chi connectivity index (χ3v) is 4.83. The summed E-state index contributed by atoms with van der Waals surface area (Å²) in [6.07, 6.45) is 0.485. The maximum atomic E-state index is 13.3. The van der Waals surface area contributed by atoms with Crippen molar-refractivity contribution in [1.29, 1.82) is 0 Å². The summed E-state index contributed by atoms with van der Waals surface area (Å²) in [7, 11) is 1.59. The van der Waals surface area contributed by atoms with Crippen LogP contribution in [0.3, 0.4) is 0 Å². The van der Waals surface area contributed by atoms with Crippen molar-refractivity contribution >= 4 is 0 Å². The molecule has 2 aromatic carbocycles. The summed E-state index contributed by atoms with van der Waals surface area (Å²) < 4.78 is 45.5. The third kappa shape index (κ3) is 3.66. The summed E-state index contributed by atoms with van der Waals surface area (Å²) in [5.41, 5.74) is 3.68. The van der Waals surface area contributed by atoms with E-state index in [4.69, 9.17) is 4.74 Å². The molecular formula is C23H18F3N3O. The minimum Gasteiger partial charge on any atom is -0.496 e. The summed E-state index contributed by atoms with van der Waals surface area (Å²) in [5.74, 6) is 0.678. The molecule has 0 aliphatic carbocycles. The van der Waals surface area contributed by atoms with Crippen LogP contribution in [0.15, 0.2) is 67.1 Å². The van der Waals surface area contributed by atoms with Gasteiger partial charge in [0.25, 0.3) is 0 Å². The van der Waals surface area contributed by atoms with Crippen molar-refractivity contribution in [3.63, 3.8) is 0 Å². The number of methoxy groups -OCH3 is 1. The predicted octanol–water partition coefficient (Wildman–Crippen LogP) is 6.14. The highest BCUT2D eigenvalue weighted by atomic mass is 19.4. The van der Waals surface area contributed by atoms with Gasteiger partial charge in [0.05, 0.1) is 12.7 Å². The van der Waals surface area contributed by atoms with Gasteiger partial charge in [0.2, 0.25) is 0 Å². The lowest BCUT2D eigenvalue weighted by Crippen LogP contribution is -2.05. The zero-order valence-corrected chi connectivity index (χ0v) is 16.3. The SMILES string of the molecule is COc1ccccc1-c1ccncc1-c1n[nH]cc1-c1cc(C)cc(C(F)(F)F)c1. The average molecular weight is 409 g/mol. The number of aromatic nitrogens is 3. The van der Waals surface area contributed by atoms with Gasteiger partial charge in [-0.25, -0.2) is 0 Å². The lowest BCUT2D eigenvalue weighted by molar-refractivity contribution is -0.137. The standard InChI is InChI=1S/C23H18F3N3O/c1-14-9-15(11-16(10-14)23(24,25)26)19-13-28-29-22(19)20-12-27-8-7-17(20)18-5-3-4-6-21(18)30-2/h3-13H,1-2H3,(H,28,29). The molecule has 0 amide bonds. The number of ether oxygens (including phenoxy) is 1. The Morgan fingerprint density at radius 3 is 2.50 bits per heavy atom. The lowest BCUT2D eigenvalue weighted by Gasteiger charge is -2.14. The molecule has 0 radical (unpaired) electrons. The fourth-order valence-corrected chi connectivity index (χ4v) is 3.50. The van der Waals surface area contributed by atoms with Crippen molar-refractivity contribution in [3.8, 4) is 39.3 Å². The quantitative estimate of drug-likeness (QED) is 0.440. The summed E-state index contributed by atoms with van der Waals surface area (Å²) in [4.78, 5) is 4.22. The van der Waals surface area contributed by atoms with E-state index in [1.54, 1.807) is 38.7 Å². The fraction of sp³-hybridized carbons (Fsp3) is 0.130. The Hall–Kier alpha value is -3.61. The molecule has 30 heavy (non-hydrogen) atoms. The number of rotatable bonds is 4. The molecule has 4 aromatic rings. The van der Waals surface area contributed by atoms with E-state index in [9.17, 15) is 13.2 Å². The fourth-order valence-electron chi connectivity index (χ4n) is 3.50. The molecule has 2 heterocycles. The Morgan fingerprint density at radius 2 is 1.73 bits per heavy atom. The molecule has 4 nitrogen and oxygen atoms in total. The van der Waals surface area contributed by atoms with Crippen LogP contribution in [0.25, 0.3) is 33.5 Å². The monoisotopic (exact) mass is 409 g/mol. The van der Waals surface area contributed by atoms with Crippen LogP contribution in [0.1, 0.15) is 11.1 Å². The minimum atomic E-state index is -4.43. The van der Waals surface area contributed by atoms with Crippen molar-refractivity contribution in [2.75, 3.05) is 7.11 Å². The number of aryl methyl sites for hydroxylation is 1. The van der Waals surface area contributed by atoms with Gasteiger partial charge < -0.3 is 4.74 Å². The second kappa shape index (κ2) is 7.67. The van der Waals surface area contributed by atoms with Gasteiger partial charge in [0, 0.05) is 35.3 Å². The molecule has 152 valence electrons. The number of alkyl halides is 3. The number of pyridine rings is 1. The Morgan fingerprint density at radius 1 is 0.933 bits per heavy atom. The van der Waals surface area contributed by atoms with Crippen LogP contribution in [0.5, 0.6) is 5.75 Å². The molecule has 0 saturated carbocycles. The Kier molecular flexibility index (Phi) is 5.03. The second-order valence-corrected chi connectivity index (χ2v) is 6.85. The van der Waals surface area contributed by atoms with Crippen molar-refractivity contribution in [2.24, 2.45) is 0 Å². The number of nitrogens with one attached hydrogen (secondary N) is 1. The first kappa shape index (κ1) is 19.7. The molecule has 0 aliphatic heterocycles. The first-order valence-corrected chi connectivity index (χ1v) is 9.19. The van der Waals surface area contributed by atoms with Gasteiger partial charge in [-0.2, -0.15) is 18.3 Å². The molecule has 0 aliphatic rings. The number of hydrogen-bond donors (Lipinski definition) is 1.